The number of benzene rings is 1. The average Bonchev–Trinajstić information content (AvgIpc) is 2.25. The molecule has 0 unspecified atom stereocenters. The standard InChI is InChI=1S/C12H12F2N2/c1-16(11-6-12(13,14)7-11)10-4-2-9(8-15)3-5-10/h2-5,11H,6-7H2,1H3. The van der Waals surface area contributed by atoms with Crippen molar-refractivity contribution in [2.75, 3.05) is 11.9 Å². The summed E-state index contributed by atoms with van der Waals surface area (Å²) in [6.07, 6.45) is -0.160. The molecular weight excluding hydrogens is 210 g/mol. The molecule has 0 aromatic heterocycles. The number of alkyl halides is 2. The van der Waals surface area contributed by atoms with Crippen LogP contribution in [0.3, 0.4) is 0 Å². The minimum atomic E-state index is -2.49. The highest BCUT2D eigenvalue weighted by atomic mass is 19.3. The smallest absolute Gasteiger partial charge is 0.252 e. The SMILES string of the molecule is CN(c1ccc(C#N)cc1)C1CC(F)(F)C1. The Morgan fingerprint density at radius 3 is 2.31 bits per heavy atom. The molecule has 1 aliphatic rings. The van der Waals surface area contributed by atoms with E-state index in [0.29, 0.717) is 5.56 Å². The highest BCUT2D eigenvalue weighted by molar-refractivity contribution is 5.50. The van der Waals surface area contributed by atoms with Gasteiger partial charge in [0.05, 0.1) is 11.6 Å². The fraction of sp³-hybridized carbons (Fsp3) is 0.417. The molecule has 1 aromatic carbocycles. The number of nitrogens with zero attached hydrogens (tertiary/aromatic N) is 2. The fourth-order valence-corrected chi connectivity index (χ4v) is 1.89. The maximum atomic E-state index is 12.7. The van der Waals surface area contributed by atoms with Crippen molar-refractivity contribution >= 4 is 5.69 Å². The van der Waals surface area contributed by atoms with Crippen molar-refractivity contribution in [3.63, 3.8) is 0 Å². The van der Waals surface area contributed by atoms with Gasteiger partial charge in [0.2, 0.25) is 0 Å². The van der Waals surface area contributed by atoms with Gasteiger partial charge in [-0.05, 0) is 24.3 Å². The normalized spacial score (nSPS) is 18.6. The lowest BCUT2D eigenvalue weighted by atomic mass is 9.87. The molecule has 0 heterocycles. The van der Waals surface area contributed by atoms with E-state index in [4.69, 9.17) is 5.26 Å². The second-order valence-corrected chi connectivity index (χ2v) is 4.19. The van der Waals surface area contributed by atoms with Crippen LogP contribution in [-0.2, 0) is 0 Å². The van der Waals surface area contributed by atoms with Crippen LogP contribution >= 0.6 is 0 Å². The van der Waals surface area contributed by atoms with E-state index in [1.54, 1.807) is 31.3 Å². The lowest BCUT2D eigenvalue weighted by Crippen LogP contribution is -2.49. The zero-order valence-corrected chi connectivity index (χ0v) is 8.95. The maximum Gasteiger partial charge on any atom is 0.252 e. The van der Waals surface area contributed by atoms with E-state index in [9.17, 15) is 8.78 Å². The molecule has 0 N–H and O–H groups in total. The maximum absolute atomic E-state index is 12.7. The monoisotopic (exact) mass is 222 g/mol. The van der Waals surface area contributed by atoms with Gasteiger partial charge in [-0.25, -0.2) is 8.78 Å². The van der Waals surface area contributed by atoms with Gasteiger partial charge in [-0.2, -0.15) is 5.26 Å². The molecule has 1 saturated carbocycles. The molecule has 1 aliphatic carbocycles. The molecule has 4 heteroatoms. The topological polar surface area (TPSA) is 27.0 Å². The van der Waals surface area contributed by atoms with Gasteiger partial charge in [0.25, 0.3) is 5.92 Å². The number of hydrogen-bond acceptors (Lipinski definition) is 2. The van der Waals surface area contributed by atoms with Crippen LogP contribution in [0.4, 0.5) is 14.5 Å². The third-order valence-corrected chi connectivity index (χ3v) is 3.02. The fourth-order valence-electron chi connectivity index (χ4n) is 1.89. The average molecular weight is 222 g/mol. The van der Waals surface area contributed by atoms with E-state index in [0.717, 1.165) is 5.69 Å². The van der Waals surface area contributed by atoms with Crippen LogP contribution in [0.2, 0.25) is 0 Å². The summed E-state index contributed by atoms with van der Waals surface area (Å²) in [7, 11) is 1.81. The Morgan fingerprint density at radius 2 is 1.88 bits per heavy atom. The summed E-state index contributed by atoms with van der Waals surface area (Å²) >= 11 is 0. The van der Waals surface area contributed by atoms with Crippen molar-refractivity contribution in [2.45, 2.75) is 24.8 Å². The van der Waals surface area contributed by atoms with Crippen LogP contribution in [0, 0.1) is 11.3 Å². The molecule has 84 valence electrons. The third-order valence-electron chi connectivity index (χ3n) is 3.02. The molecule has 1 fully saturated rings. The van der Waals surface area contributed by atoms with Crippen molar-refractivity contribution in [1.29, 1.82) is 5.26 Å². The Morgan fingerprint density at radius 1 is 1.31 bits per heavy atom. The summed E-state index contributed by atoms with van der Waals surface area (Å²) in [6, 6.07) is 8.90. The van der Waals surface area contributed by atoms with Crippen LogP contribution in [-0.4, -0.2) is 19.0 Å². The first-order valence-corrected chi connectivity index (χ1v) is 5.13. The Hall–Kier alpha value is -1.63. The van der Waals surface area contributed by atoms with Crippen LogP contribution in [0.5, 0.6) is 0 Å². The zero-order valence-electron chi connectivity index (χ0n) is 8.95. The minimum absolute atomic E-state index is 0.0799. The van der Waals surface area contributed by atoms with Crippen LogP contribution in [0.1, 0.15) is 18.4 Å². The predicted octanol–water partition coefficient (Wildman–Crippen LogP) is 2.79. The number of anilines is 1. The largest absolute Gasteiger partial charge is 0.371 e. The lowest BCUT2D eigenvalue weighted by Gasteiger charge is -2.41. The van der Waals surface area contributed by atoms with Gasteiger partial charge in [-0.1, -0.05) is 0 Å². The summed E-state index contributed by atoms with van der Waals surface area (Å²) < 4.78 is 25.4. The van der Waals surface area contributed by atoms with Gasteiger partial charge < -0.3 is 4.90 Å². The summed E-state index contributed by atoms with van der Waals surface area (Å²) in [5.41, 5.74) is 1.45. The molecule has 0 amide bonds. The Kier molecular flexibility index (Phi) is 2.55. The van der Waals surface area contributed by atoms with Crippen molar-refractivity contribution in [3.8, 4) is 6.07 Å². The van der Waals surface area contributed by atoms with E-state index in [1.165, 1.54) is 0 Å². The van der Waals surface area contributed by atoms with Crippen LogP contribution < -0.4 is 4.90 Å². The number of halogens is 2. The quantitative estimate of drug-likeness (QED) is 0.769. The molecule has 16 heavy (non-hydrogen) atoms. The molecule has 0 spiro atoms. The van der Waals surface area contributed by atoms with Gasteiger partial charge in [-0.15, -0.1) is 0 Å². The van der Waals surface area contributed by atoms with E-state index < -0.39 is 5.92 Å². The van der Waals surface area contributed by atoms with Gasteiger partial charge in [-0.3, -0.25) is 0 Å². The predicted molar refractivity (Wildman–Crippen MR) is 57.5 cm³/mol. The van der Waals surface area contributed by atoms with E-state index in [-0.39, 0.29) is 18.9 Å². The minimum Gasteiger partial charge on any atom is -0.371 e. The molecule has 0 saturated heterocycles. The first kappa shape index (κ1) is 10.9. The highest BCUT2D eigenvalue weighted by Gasteiger charge is 2.47. The molecule has 2 rings (SSSR count). The number of hydrogen-bond donors (Lipinski definition) is 0. The van der Waals surface area contributed by atoms with E-state index in [2.05, 4.69) is 0 Å². The molecule has 1 aromatic rings. The highest BCUT2D eigenvalue weighted by Crippen LogP contribution is 2.41. The van der Waals surface area contributed by atoms with Crippen LogP contribution in [0.15, 0.2) is 24.3 Å². The van der Waals surface area contributed by atoms with Crippen LogP contribution in [0.25, 0.3) is 0 Å². The molecule has 0 atom stereocenters. The Balaban J connectivity index is 2.05. The van der Waals surface area contributed by atoms with Gasteiger partial charge in [0.15, 0.2) is 0 Å². The van der Waals surface area contributed by atoms with E-state index in [1.807, 2.05) is 11.0 Å². The molecule has 2 nitrogen and oxygen atoms in total. The molecule has 0 aliphatic heterocycles. The second-order valence-electron chi connectivity index (χ2n) is 4.19. The summed E-state index contributed by atoms with van der Waals surface area (Å²) in [4.78, 5) is 1.85. The molecule has 0 radical (unpaired) electrons. The zero-order chi connectivity index (χ0) is 11.8. The first-order valence-electron chi connectivity index (χ1n) is 5.13. The van der Waals surface area contributed by atoms with Crippen molar-refractivity contribution < 1.29 is 8.78 Å². The van der Waals surface area contributed by atoms with E-state index >= 15 is 0 Å². The third kappa shape index (κ3) is 1.99. The van der Waals surface area contributed by atoms with Crippen molar-refractivity contribution in [3.05, 3.63) is 29.8 Å². The Bertz CT molecular complexity index is 412. The van der Waals surface area contributed by atoms with Crippen molar-refractivity contribution in [2.24, 2.45) is 0 Å². The molecular formula is C12H12F2N2. The summed E-state index contributed by atoms with van der Waals surface area (Å²) in [6.45, 7) is 0. The van der Waals surface area contributed by atoms with Crippen molar-refractivity contribution in [1.82, 2.24) is 0 Å². The summed E-state index contributed by atoms with van der Waals surface area (Å²) in [5, 5.41) is 8.64. The number of rotatable bonds is 2. The Labute approximate surface area is 93.1 Å². The summed E-state index contributed by atoms with van der Waals surface area (Å²) in [5.74, 6) is -2.49. The molecule has 0 bridgehead atoms. The lowest BCUT2D eigenvalue weighted by molar-refractivity contribution is -0.0849. The second kappa shape index (κ2) is 3.75. The van der Waals surface area contributed by atoms with Gasteiger partial charge in [0, 0.05) is 31.6 Å². The van der Waals surface area contributed by atoms with Gasteiger partial charge >= 0.3 is 0 Å². The number of nitriles is 1. The first-order chi connectivity index (χ1) is 7.52. The van der Waals surface area contributed by atoms with Gasteiger partial charge in [0.1, 0.15) is 0 Å².